The van der Waals surface area contributed by atoms with Crippen LogP contribution in [0.3, 0.4) is 0 Å². The van der Waals surface area contributed by atoms with E-state index in [-0.39, 0.29) is 6.54 Å². The SMILES string of the molecule is CC1CCCC(OCc2cccc(NC(=O)C(=O)N3CCCC(O)C3)c2)C1. The van der Waals surface area contributed by atoms with Gasteiger partial charge in [0.2, 0.25) is 0 Å². The third kappa shape index (κ3) is 5.78. The van der Waals surface area contributed by atoms with Gasteiger partial charge in [-0.2, -0.15) is 0 Å². The minimum absolute atomic E-state index is 0.222. The van der Waals surface area contributed by atoms with E-state index in [9.17, 15) is 14.7 Å². The van der Waals surface area contributed by atoms with Crippen LogP contribution in [0.4, 0.5) is 5.69 Å². The van der Waals surface area contributed by atoms with E-state index < -0.39 is 17.9 Å². The first kappa shape index (κ1) is 19.8. The van der Waals surface area contributed by atoms with Gasteiger partial charge in [-0.1, -0.05) is 31.9 Å². The van der Waals surface area contributed by atoms with Crippen molar-refractivity contribution in [2.24, 2.45) is 5.92 Å². The number of rotatable bonds is 4. The number of anilines is 1. The maximum atomic E-state index is 12.3. The van der Waals surface area contributed by atoms with Gasteiger partial charge in [-0.05, 0) is 49.3 Å². The van der Waals surface area contributed by atoms with Gasteiger partial charge >= 0.3 is 11.8 Å². The summed E-state index contributed by atoms with van der Waals surface area (Å²) in [6.07, 6.45) is 5.86. The molecule has 2 N–H and O–H groups in total. The Morgan fingerprint density at radius 2 is 2.11 bits per heavy atom. The standard InChI is InChI=1S/C21H30N2O4/c1-15-5-2-9-19(11-15)27-14-16-6-3-7-17(12-16)22-20(25)21(26)23-10-4-8-18(24)13-23/h3,6-7,12,15,18-19,24H,2,4-5,8-11,13-14H2,1H3,(H,22,25). The number of benzene rings is 1. The number of nitrogens with one attached hydrogen (secondary N) is 1. The fraction of sp³-hybridized carbons (Fsp3) is 0.619. The number of hydrogen-bond acceptors (Lipinski definition) is 4. The lowest BCUT2D eigenvalue weighted by Gasteiger charge is -2.29. The molecule has 1 saturated heterocycles. The Morgan fingerprint density at radius 3 is 2.89 bits per heavy atom. The lowest BCUT2D eigenvalue weighted by molar-refractivity contribution is -0.145. The van der Waals surface area contributed by atoms with E-state index in [2.05, 4.69) is 12.2 Å². The fourth-order valence-electron chi connectivity index (χ4n) is 3.95. The van der Waals surface area contributed by atoms with Crippen molar-refractivity contribution >= 4 is 17.5 Å². The van der Waals surface area contributed by atoms with Crippen molar-refractivity contribution in [3.05, 3.63) is 29.8 Å². The largest absolute Gasteiger partial charge is 0.391 e. The van der Waals surface area contributed by atoms with Gasteiger partial charge in [0.1, 0.15) is 0 Å². The smallest absolute Gasteiger partial charge is 0.313 e. The van der Waals surface area contributed by atoms with E-state index in [4.69, 9.17) is 4.74 Å². The number of carbonyl (C=O) groups excluding carboxylic acids is 2. The van der Waals surface area contributed by atoms with Crippen molar-refractivity contribution in [3.63, 3.8) is 0 Å². The number of ether oxygens (including phenoxy) is 1. The molecule has 0 radical (unpaired) electrons. The number of hydrogen-bond donors (Lipinski definition) is 2. The molecule has 148 valence electrons. The Kier molecular flexibility index (Phi) is 6.85. The normalized spacial score (nSPS) is 25.9. The molecule has 1 heterocycles. The number of likely N-dealkylation sites (tertiary alicyclic amines) is 1. The molecule has 3 atom stereocenters. The molecule has 0 aromatic heterocycles. The van der Waals surface area contributed by atoms with Gasteiger partial charge in [0.15, 0.2) is 0 Å². The Hall–Kier alpha value is -1.92. The highest BCUT2D eigenvalue weighted by Crippen LogP contribution is 2.26. The summed E-state index contributed by atoms with van der Waals surface area (Å²) in [5.41, 5.74) is 1.57. The van der Waals surface area contributed by atoms with E-state index in [1.807, 2.05) is 18.2 Å². The van der Waals surface area contributed by atoms with E-state index in [0.717, 1.165) is 18.4 Å². The second kappa shape index (κ2) is 9.33. The van der Waals surface area contributed by atoms with Crippen molar-refractivity contribution < 1.29 is 19.4 Å². The van der Waals surface area contributed by atoms with E-state index in [1.54, 1.807) is 6.07 Å². The van der Waals surface area contributed by atoms with E-state index in [1.165, 1.54) is 17.7 Å². The Balaban J connectivity index is 1.52. The van der Waals surface area contributed by atoms with Crippen LogP contribution in [0.5, 0.6) is 0 Å². The molecule has 6 nitrogen and oxygen atoms in total. The van der Waals surface area contributed by atoms with Gasteiger partial charge in [-0.25, -0.2) is 0 Å². The van der Waals surface area contributed by atoms with Crippen LogP contribution in [0.25, 0.3) is 0 Å². The first-order valence-electron chi connectivity index (χ1n) is 10.00. The third-order valence-corrected chi connectivity index (χ3v) is 5.44. The molecule has 3 unspecified atom stereocenters. The number of aliphatic hydroxyl groups excluding tert-OH is 1. The van der Waals surface area contributed by atoms with Crippen LogP contribution in [0.1, 0.15) is 51.0 Å². The molecular weight excluding hydrogens is 344 g/mol. The average molecular weight is 374 g/mol. The number of β-amino-alcohol motifs (C(OH)–C–C–N with tert-alkyl or cyclic N) is 1. The Labute approximate surface area is 160 Å². The molecule has 1 aliphatic carbocycles. The minimum Gasteiger partial charge on any atom is -0.391 e. The highest BCUT2D eigenvalue weighted by molar-refractivity contribution is 6.39. The quantitative estimate of drug-likeness (QED) is 0.794. The summed E-state index contributed by atoms with van der Waals surface area (Å²) in [5, 5.41) is 12.4. The second-order valence-electron chi connectivity index (χ2n) is 7.91. The molecular formula is C21H30N2O4. The fourth-order valence-corrected chi connectivity index (χ4v) is 3.95. The number of carbonyl (C=O) groups is 2. The van der Waals surface area contributed by atoms with Gasteiger partial charge in [0.25, 0.3) is 0 Å². The van der Waals surface area contributed by atoms with Crippen LogP contribution >= 0.6 is 0 Å². The molecule has 2 fully saturated rings. The van der Waals surface area contributed by atoms with Crippen molar-refractivity contribution in [1.82, 2.24) is 4.90 Å². The lowest BCUT2D eigenvalue weighted by atomic mass is 9.89. The summed E-state index contributed by atoms with van der Waals surface area (Å²) in [6.45, 7) is 3.51. The van der Waals surface area contributed by atoms with Crippen molar-refractivity contribution in [2.45, 2.75) is 64.3 Å². The van der Waals surface area contributed by atoms with Gasteiger partial charge < -0.3 is 20.1 Å². The average Bonchev–Trinajstić information content (AvgIpc) is 2.66. The lowest BCUT2D eigenvalue weighted by Crippen LogP contribution is -2.46. The molecule has 6 heteroatoms. The van der Waals surface area contributed by atoms with Crippen LogP contribution in [-0.4, -0.2) is 47.1 Å². The summed E-state index contributed by atoms with van der Waals surface area (Å²) in [6, 6.07) is 7.43. The first-order valence-corrected chi connectivity index (χ1v) is 10.00. The van der Waals surface area contributed by atoms with Crippen molar-refractivity contribution in [1.29, 1.82) is 0 Å². The second-order valence-corrected chi connectivity index (χ2v) is 7.91. The molecule has 1 saturated carbocycles. The highest BCUT2D eigenvalue weighted by Gasteiger charge is 2.27. The summed E-state index contributed by atoms with van der Waals surface area (Å²) in [5.74, 6) is -0.538. The van der Waals surface area contributed by atoms with Crippen molar-refractivity contribution in [2.75, 3.05) is 18.4 Å². The zero-order chi connectivity index (χ0) is 19.2. The topological polar surface area (TPSA) is 78.9 Å². The monoisotopic (exact) mass is 374 g/mol. The number of nitrogens with zero attached hydrogens (tertiary/aromatic N) is 1. The summed E-state index contributed by atoms with van der Waals surface area (Å²) in [4.78, 5) is 25.9. The molecule has 2 amide bonds. The van der Waals surface area contributed by atoms with Crippen LogP contribution in [0.2, 0.25) is 0 Å². The Morgan fingerprint density at radius 1 is 1.26 bits per heavy atom. The number of piperidine rings is 1. The van der Waals surface area contributed by atoms with E-state index in [0.29, 0.717) is 43.7 Å². The predicted molar refractivity (Wildman–Crippen MR) is 103 cm³/mol. The number of aliphatic hydroxyl groups is 1. The van der Waals surface area contributed by atoms with E-state index >= 15 is 0 Å². The van der Waals surface area contributed by atoms with Crippen LogP contribution < -0.4 is 5.32 Å². The molecule has 0 bridgehead atoms. The van der Waals surface area contributed by atoms with Crippen LogP contribution in [0, 0.1) is 5.92 Å². The minimum atomic E-state index is -0.664. The van der Waals surface area contributed by atoms with Crippen LogP contribution in [0.15, 0.2) is 24.3 Å². The molecule has 2 aliphatic rings. The summed E-state index contributed by atoms with van der Waals surface area (Å²) in [7, 11) is 0. The zero-order valence-corrected chi connectivity index (χ0v) is 16.0. The maximum absolute atomic E-state index is 12.3. The van der Waals surface area contributed by atoms with Gasteiger partial charge in [-0.3, -0.25) is 9.59 Å². The molecule has 0 spiro atoms. The van der Waals surface area contributed by atoms with Crippen LogP contribution in [-0.2, 0) is 20.9 Å². The molecule has 27 heavy (non-hydrogen) atoms. The first-order chi connectivity index (χ1) is 13.0. The zero-order valence-electron chi connectivity index (χ0n) is 16.0. The predicted octanol–water partition coefficient (Wildman–Crippen LogP) is 2.70. The van der Waals surface area contributed by atoms with Gasteiger partial charge in [0.05, 0.1) is 18.8 Å². The van der Waals surface area contributed by atoms with Gasteiger partial charge in [0, 0.05) is 18.8 Å². The molecule has 1 aromatic rings. The molecule has 1 aromatic carbocycles. The number of amides is 2. The van der Waals surface area contributed by atoms with Crippen molar-refractivity contribution in [3.8, 4) is 0 Å². The van der Waals surface area contributed by atoms with Gasteiger partial charge in [-0.15, -0.1) is 0 Å². The summed E-state index contributed by atoms with van der Waals surface area (Å²) >= 11 is 0. The highest BCUT2D eigenvalue weighted by atomic mass is 16.5. The summed E-state index contributed by atoms with van der Waals surface area (Å²) < 4.78 is 6.04. The Bertz CT molecular complexity index is 663. The molecule has 1 aliphatic heterocycles. The maximum Gasteiger partial charge on any atom is 0.313 e. The third-order valence-electron chi connectivity index (χ3n) is 5.44. The molecule has 3 rings (SSSR count).